The van der Waals surface area contributed by atoms with Crippen molar-refractivity contribution in [3.63, 3.8) is 0 Å². The van der Waals surface area contributed by atoms with E-state index in [1.165, 1.54) is 23.7 Å². The fourth-order valence-corrected chi connectivity index (χ4v) is 4.00. The molecule has 0 atom stereocenters. The molecule has 0 fully saturated rings. The second-order valence-electron chi connectivity index (χ2n) is 5.88. The van der Waals surface area contributed by atoms with Gasteiger partial charge in [-0.15, -0.1) is 11.3 Å². The summed E-state index contributed by atoms with van der Waals surface area (Å²) < 4.78 is 13.8. The van der Waals surface area contributed by atoms with E-state index in [-0.39, 0.29) is 11.7 Å². The van der Waals surface area contributed by atoms with Gasteiger partial charge in [0, 0.05) is 25.2 Å². The first-order valence-electron chi connectivity index (χ1n) is 8.57. The number of benzene rings is 1. The van der Waals surface area contributed by atoms with E-state index in [0.717, 1.165) is 15.8 Å². The van der Waals surface area contributed by atoms with Crippen LogP contribution >= 0.6 is 11.3 Å². The molecule has 0 spiro atoms. The number of thiophene rings is 1. The molecule has 2 heterocycles. The van der Waals surface area contributed by atoms with Gasteiger partial charge >= 0.3 is 0 Å². The molecule has 3 aromatic rings. The minimum absolute atomic E-state index is 0.00977. The van der Waals surface area contributed by atoms with Crippen molar-refractivity contribution in [3.05, 3.63) is 52.4 Å². The van der Waals surface area contributed by atoms with Gasteiger partial charge in [0.1, 0.15) is 22.8 Å². The van der Waals surface area contributed by atoms with Crippen LogP contribution < -0.4 is 5.32 Å². The topological polar surface area (TPSA) is 58.1 Å². The second-order valence-corrected chi connectivity index (χ2v) is 6.88. The number of hydrogen-bond acceptors (Lipinski definition) is 5. The Labute approximate surface area is 155 Å². The molecule has 7 heteroatoms. The van der Waals surface area contributed by atoms with Gasteiger partial charge in [-0.1, -0.05) is 18.2 Å². The SMILES string of the molecule is CCN(CC)C(=O)c1sc2ncnc(NCc3ccccc3F)c2c1C. The van der Waals surface area contributed by atoms with Gasteiger partial charge in [-0.3, -0.25) is 4.79 Å². The molecular formula is C19H21FN4OS. The molecule has 1 aromatic carbocycles. The Morgan fingerprint density at radius 1 is 1.23 bits per heavy atom. The molecule has 1 N–H and O–H groups in total. The molecule has 0 saturated heterocycles. The van der Waals surface area contributed by atoms with E-state index >= 15 is 0 Å². The molecule has 0 unspecified atom stereocenters. The lowest BCUT2D eigenvalue weighted by Crippen LogP contribution is -2.30. The summed E-state index contributed by atoms with van der Waals surface area (Å²) in [6.45, 7) is 7.47. The molecule has 0 aliphatic carbocycles. The first-order valence-corrected chi connectivity index (χ1v) is 9.39. The van der Waals surface area contributed by atoms with Gasteiger partial charge in [0.15, 0.2) is 0 Å². The van der Waals surface area contributed by atoms with Crippen LogP contribution in [0.1, 0.15) is 34.6 Å². The molecular weight excluding hydrogens is 351 g/mol. The van der Waals surface area contributed by atoms with Crippen LogP contribution in [0.4, 0.5) is 10.2 Å². The number of aromatic nitrogens is 2. The lowest BCUT2D eigenvalue weighted by atomic mass is 10.1. The monoisotopic (exact) mass is 372 g/mol. The van der Waals surface area contributed by atoms with Crippen molar-refractivity contribution < 1.29 is 9.18 Å². The van der Waals surface area contributed by atoms with E-state index in [9.17, 15) is 9.18 Å². The van der Waals surface area contributed by atoms with Crippen molar-refractivity contribution >= 4 is 33.3 Å². The molecule has 26 heavy (non-hydrogen) atoms. The van der Waals surface area contributed by atoms with Crippen LogP contribution in [0.3, 0.4) is 0 Å². The van der Waals surface area contributed by atoms with E-state index in [2.05, 4.69) is 15.3 Å². The van der Waals surface area contributed by atoms with Crippen molar-refractivity contribution in [2.24, 2.45) is 0 Å². The molecule has 0 aliphatic rings. The third-order valence-corrected chi connectivity index (χ3v) is 5.56. The Hall–Kier alpha value is -2.54. The van der Waals surface area contributed by atoms with Crippen molar-refractivity contribution in [2.75, 3.05) is 18.4 Å². The van der Waals surface area contributed by atoms with Gasteiger partial charge < -0.3 is 10.2 Å². The molecule has 0 radical (unpaired) electrons. The first-order chi connectivity index (χ1) is 12.6. The van der Waals surface area contributed by atoms with E-state index in [1.54, 1.807) is 23.1 Å². The number of carbonyl (C=O) groups excluding carboxylic acids is 1. The summed E-state index contributed by atoms with van der Waals surface area (Å²) in [7, 11) is 0. The van der Waals surface area contributed by atoms with E-state index in [1.807, 2.05) is 20.8 Å². The summed E-state index contributed by atoms with van der Waals surface area (Å²) in [4.78, 5) is 24.6. The molecule has 0 bridgehead atoms. The van der Waals surface area contributed by atoms with E-state index < -0.39 is 0 Å². The largest absolute Gasteiger partial charge is 0.365 e. The van der Waals surface area contributed by atoms with Gasteiger partial charge in [0.05, 0.1) is 10.3 Å². The van der Waals surface area contributed by atoms with E-state index in [4.69, 9.17) is 0 Å². The third-order valence-electron chi connectivity index (χ3n) is 4.38. The normalized spacial score (nSPS) is 10.9. The van der Waals surface area contributed by atoms with Crippen molar-refractivity contribution in [2.45, 2.75) is 27.3 Å². The lowest BCUT2D eigenvalue weighted by Gasteiger charge is -2.17. The average Bonchev–Trinajstić information content (AvgIpc) is 2.99. The number of amides is 1. The zero-order valence-electron chi connectivity index (χ0n) is 15.0. The molecule has 1 amide bonds. The Bertz CT molecular complexity index is 936. The quantitative estimate of drug-likeness (QED) is 0.703. The maximum atomic E-state index is 13.8. The number of nitrogens with one attached hydrogen (secondary N) is 1. The second kappa shape index (κ2) is 7.78. The van der Waals surface area contributed by atoms with Crippen LogP contribution in [0.5, 0.6) is 0 Å². The third kappa shape index (κ3) is 3.39. The Kier molecular flexibility index (Phi) is 5.46. The number of halogens is 1. The van der Waals surface area contributed by atoms with Crippen LogP contribution in [-0.4, -0.2) is 33.9 Å². The van der Waals surface area contributed by atoms with Crippen molar-refractivity contribution in [3.8, 4) is 0 Å². The van der Waals surface area contributed by atoms with Crippen LogP contribution in [0, 0.1) is 12.7 Å². The maximum absolute atomic E-state index is 13.8. The zero-order valence-corrected chi connectivity index (χ0v) is 15.9. The molecule has 0 aliphatic heterocycles. The Morgan fingerprint density at radius 2 is 1.96 bits per heavy atom. The molecule has 0 saturated carbocycles. The number of rotatable bonds is 6. The van der Waals surface area contributed by atoms with Crippen LogP contribution in [-0.2, 0) is 6.54 Å². The molecule has 3 rings (SSSR count). The fraction of sp³-hybridized carbons (Fsp3) is 0.316. The summed E-state index contributed by atoms with van der Waals surface area (Å²) in [6, 6.07) is 6.63. The summed E-state index contributed by atoms with van der Waals surface area (Å²) >= 11 is 1.37. The number of aryl methyl sites for hydroxylation is 1. The van der Waals surface area contributed by atoms with Crippen LogP contribution in [0.15, 0.2) is 30.6 Å². The smallest absolute Gasteiger partial charge is 0.264 e. The predicted molar refractivity (Wildman–Crippen MR) is 103 cm³/mol. The highest BCUT2D eigenvalue weighted by atomic mass is 32.1. The molecule has 5 nitrogen and oxygen atoms in total. The maximum Gasteiger partial charge on any atom is 0.264 e. The summed E-state index contributed by atoms with van der Waals surface area (Å²) in [5.74, 6) is 0.367. The first kappa shape index (κ1) is 18.3. The average molecular weight is 372 g/mol. The number of fused-ring (bicyclic) bond motifs is 1. The van der Waals surface area contributed by atoms with E-state index in [0.29, 0.717) is 35.9 Å². The minimum atomic E-state index is -0.259. The standard InChI is InChI=1S/C19H21FN4OS/c1-4-24(5-2)19(25)16-12(3)15-17(22-11-23-18(15)26-16)21-10-13-8-6-7-9-14(13)20/h6-9,11H,4-5,10H2,1-3H3,(H,21,22,23). The predicted octanol–water partition coefficient (Wildman–Crippen LogP) is 4.23. The molecule has 136 valence electrons. The Balaban J connectivity index is 1.95. The summed E-state index contributed by atoms with van der Waals surface area (Å²) in [5.41, 5.74) is 1.42. The highest BCUT2D eigenvalue weighted by Crippen LogP contribution is 2.34. The lowest BCUT2D eigenvalue weighted by molar-refractivity contribution is 0.0777. The van der Waals surface area contributed by atoms with Crippen LogP contribution in [0.25, 0.3) is 10.2 Å². The number of carbonyl (C=O) groups is 1. The highest BCUT2D eigenvalue weighted by molar-refractivity contribution is 7.20. The van der Waals surface area contributed by atoms with Gasteiger partial charge in [-0.2, -0.15) is 0 Å². The fourth-order valence-electron chi connectivity index (χ4n) is 2.88. The number of nitrogens with zero attached hydrogens (tertiary/aromatic N) is 3. The van der Waals surface area contributed by atoms with Gasteiger partial charge in [-0.25, -0.2) is 14.4 Å². The van der Waals surface area contributed by atoms with Gasteiger partial charge in [0.25, 0.3) is 5.91 Å². The van der Waals surface area contributed by atoms with Crippen molar-refractivity contribution in [1.29, 1.82) is 0 Å². The summed E-state index contributed by atoms with van der Waals surface area (Å²) in [5, 5.41) is 4.01. The Morgan fingerprint density at radius 3 is 2.65 bits per heavy atom. The van der Waals surface area contributed by atoms with Gasteiger partial charge in [0.2, 0.25) is 0 Å². The van der Waals surface area contributed by atoms with Crippen LogP contribution in [0.2, 0.25) is 0 Å². The van der Waals surface area contributed by atoms with Crippen molar-refractivity contribution in [1.82, 2.24) is 14.9 Å². The highest BCUT2D eigenvalue weighted by Gasteiger charge is 2.22. The minimum Gasteiger partial charge on any atom is -0.365 e. The van der Waals surface area contributed by atoms with Gasteiger partial charge in [-0.05, 0) is 32.4 Å². The summed E-state index contributed by atoms with van der Waals surface area (Å²) in [6.07, 6.45) is 1.47. The number of hydrogen-bond donors (Lipinski definition) is 1. The number of anilines is 1. The molecule has 2 aromatic heterocycles. The zero-order chi connectivity index (χ0) is 18.7.